The number of para-hydroxylation sites is 1. The van der Waals surface area contributed by atoms with E-state index >= 15 is 0 Å². The molecule has 5 heteroatoms. The third kappa shape index (κ3) is 2.96. The Kier molecular flexibility index (Phi) is 4.51. The first-order chi connectivity index (χ1) is 14.5. The summed E-state index contributed by atoms with van der Waals surface area (Å²) >= 11 is 0. The molecule has 0 bridgehead atoms. The maximum atomic E-state index is 13.1. The molecule has 0 aliphatic carbocycles. The quantitative estimate of drug-likeness (QED) is 0.650. The van der Waals surface area contributed by atoms with Crippen molar-refractivity contribution in [2.75, 3.05) is 25.0 Å². The minimum atomic E-state index is -0.368. The third-order valence-corrected chi connectivity index (χ3v) is 6.74. The van der Waals surface area contributed by atoms with Crippen LogP contribution in [-0.4, -0.2) is 35.9 Å². The van der Waals surface area contributed by atoms with Crippen LogP contribution in [0.2, 0.25) is 0 Å². The van der Waals surface area contributed by atoms with Crippen molar-refractivity contribution in [1.82, 2.24) is 9.88 Å². The minimum Gasteiger partial charge on any atom is -0.441 e. The van der Waals surface area contributed by atoms with Crippen molar-refractivity contribution in [2.24, 2.45) is 0 Å². The number of amides is 1. The highest BCUT2D eigenvalue weighted by Crippen LogP contribution is 2.47. The molecule has 0 atom stereocenters. The number of fused-ring (bicyclic) bond motifs is 2. The number of benzene rings is 2. The van der Waals surface area contributed by atoms with Gasteiger partial charge in [0.25, 0.3) is 0 Å². The number of likely N-dealkylation sites (N-methyl/N-ethyl adjacent to an activating group) is 1. The molecule has 154 valence electrons. The summed E-state index contributed by atoms with van der Waals surface area (Å²) in [5, 5.41) is 0. The van der Waals surface area contributed by atoms with Gasteiger partial charge in [0.05, 0.1) is 11.1 Å². The van der Waals surface area contributed by atoms with E-state index in [1.807, 2.05) is 43.1 Å². The standard InChI is InChI=1S/C25H27N3O2/c1-17-7-6-8-19(15-17)23-26-21(18(2)30-23)16-28-13-11-25(12-14-28)20-9-4-5-10-22(20)27(3)24(25)29/h4-10,15H,11-14,16H2,1-3H3. The van der Waals surface area contributed by atoms with Crippen LogP contribution in [0.25, 0.3) is 11.5 Å². The van der Waals surface area contributed by atoms with Gasteiger partial charge < -0.3 is 9.32 Å². The molecular formula is C25H27N3O2. The normalized spacial score (nSPS) is 18.2. The van der Waals surface area contributed by atoms with Gasteiger partial charge in [0, 0.05) is 24.8 Å². The maximum absolute atomic E-state index is 13.1. The number of carbonyl (C=O) groups is 1. The van der Waals surface area contributed by atoms with Crippen LogP contribution in [0.15, 0.2) is 52.9 Å². The molecule has 1 saturated heterocycles. The zero-order valence-corrected chi connectivity index (χ0v) is 17.8. The highest BCUT2D eigenvalue weighted by atomic mass is 16.4. The Morgan fingerprint density at radius 3 is 2.60 bits per heavy atom. The summed E-state index contributed by atoms with van der Waals surface area (Å²) < 4.78 is 5.97. The Morgan fingerprint density at radius 2 is 1.83 bits per heavy atom. The van der Waals surface area contributed by atoms with Crippen LogP contribution in [0.5, 0.6) is 0 Å². The lowest BCUT2D eigenvalue weighted by atomic mass is 9.73. The average molecular weight is 402 g/mol. The number of aryl methyl sites for hydroxylation is 2. The molecule has 5 nitrogen and oxygen atoms in total. The molecule has 1 spiro atoms. The van der Waals surface area contributed by atoms with Crippen molar-refractivity contribution >= 4 is 11.6 Å². The molecule has 2 aliphatic heterocycles. The number of oxazole rings is 1. The number of rotatable bonds is 3. The van der Waals surface area contributed by atoms with Gasteiger partial charge in [-0.05, 0) is 63.5 Å². The van der Waals surface area contributed by atoms with Crippen molar-refractivity contribution < 1.29 is 9.21 Å². The Bertz CT molecular complexity index is 1110. The van der Waals surface area contributed by atoms with Crippen LogP contribution in [0.1, 0.15) is 35.4 Å². The molecule has 0 radical (unpaired) electrons. The van der Waals surface area contributed by atoms with Crippen molar-refractivity contribution in [3.8, 4) is 11.5 Å². The van der Waals surface area contributed by atoms with Gasteiger partial charge >= 0.3 is 0 Å². The first-order valence-corrected chi connectivity index (χ1v) is 10.6. The Balaban J connectivity index is 1.32. The largest absolute Gasteiger partial charge is 0.441 e. The zero-order valence-electron chi connectivity index (χ0n) is 17.8. The molecule has 0 saturated carbocycles. The fraction of sp³-hybridized carbons (Fsp3) is 0.360. The highest BCUT2D eigenvalue weighted by Gasteiger charge is 2.50. The van der Waals surface area contributed by atoms with Gasteiger partial charge in [-0.2, -0.15) is 0 Å². The third-order valence-electron chi connectivity index (χ3n) is 6.74. The van der Waals surface area contributed by atoms with Crippen LogP contribution in [0.4, 0.5) is 5.69 Å². The predicted molar refractivity (Wildman–Crippen MR) is 117 cm³/mol. The number of piperidine rings is 1. The number of hydrogen-bond donors (Lipinski definition) is 0. The Morgan fingerprint density at radius 1 is 1.07 bits per heavy atom. The fourth-order valence-corrected chi connectivity index (χ4v) is 4.98. The molecule has 5 rings (SSSR count). The van der Waals surface area contributed by atoms with Gasteiger partial charge in [-0.3, -0.25) is 9.69 Å². The smallest absolute Gasteiger partial charge is 0.237 e. The van der Waals surface area contributed by atoms with Gasteiger partial charge in [-0.1, -0.05) is 35.9 Å². The number of carbonyl (C=O) groups excluding carboxylic acids is 1. The maximum Gasteiger partial charge on any atom is 0.237 e. The molecule has 30 heavy (non-hydrogen) atoms. The minimum absolute atomic E-state index is 0.239. The predicted octanol–water partition coefficient (Wildman–Crippen LogP) is 4.47. The number of aromatic nitrogens is 1. The molecule has 0 N–H and O–H groups in total. The molecular weight excluding hydrogens is 374 g/mol. The Labute approximate surface area is 177 Å². The van der Waals surface area contributed by atoms with Crippen LogP contribution >= 0.6 is 0 Å². The second-order valence-electron chi connectivity index (χ2n) is 8.63. The second kappa shape index (κ2) is 7.10. The van der Waals surface area contributed by atoms with Gasteiger partial charge in [0.2, 0.25) is 11.8 Å². The van der Waals surface area contributed by atoms with Crippen LogP contribution in [0, 0.1) is 13.8 Å². The summed E-state index contributed by atoms with van der Waals surface area (Å²) in [5.41, 5.74) is 5.07. The number of likely N-dealkylation sites (tertiary alicyclic amines) is 1. The second-order valence-corrected chi connectivity index (χ2v) is 8.63. The summed E-state index contributed by atoms with van der Waals surface area (Å²) in [5.74, 6) is 1.79. The number of anilines is 1. The lowest BCUT2D eigenvalue weighted by Crippen LogP contribution is -2.47. The van der Waals surface area contributed by atoms with Gasteiger partial charge in [-0.15, -0.1) is 0 Å². The average Bonchev–Trinajstić information content (AvgIpc) is 3.22. The van der Waals surface area contributed by atoms with Gasteiger partial charge in [0.15, 0.2) is 0 Å². The zero-order chi connectivity index (χ0) is 20.9. The van der Waals surface area contributed by atoms with E-state index in [9.17, 15) is 4.79 Å². The number of hydrogen-bond acceptors (Lipinski definition) is 4. The summed E-state index contributed by atoms with van der Waals surface area (Å²) in [4.78, 5) is 22.1. The molecule has 2 aliphatic rings. The first kappa shape index (κ1) is 19.1. The van der Waals surface area contributed by atoms with E-state index in [2.05, 4.69) is 36.1 Å². The molecule has 1 amide bonds. The summed E-state index contributed by atoms with van der Waals surface area (Å²) in [6.45, 7) is 6.56. The SMILES string of the molecule is Cc1cccc(-c2nc(CN3CCC4(CC3)C(=O)N(C)c3ccccc34)c(C)o2)c1. The van der Waals surface area contributed by atoms with E-state index in [4.69, 9.17) is 9.40 Å². The molecule has 3 aromatic rings. The van der Waals surface area contributed by atoms with Crippen molar-refractivity contribution in [1.29, 1.82) is 0 Å². The van der Waals surface area contributed by atoms with Crippen LogP contribution in [0.3, 0.4) is 0 Å². The van der Waals surface area contributed by atoms with Crippen LogP contribution in [-0.2, 0) is 16.8 Å². The van der Waals surface area contributed by atoms with E-state index in [1.54, 1.807) is 0 Å². The summed E-state index contributed by atoms with van der Waals surface area (Å²) in [6, 6.07) is 16.5. The van der Waals surface area contributed by atoms with E-state index in [0.29, 0.717) is 5.89 Å². The summed E-state index contributed by atoms with van der Waals surface area (Å²) in [7, 11) is 1.90. The summed E-state index contributed by atoms with van der Waals surface area (Å²) in [6.07, 6.45) is 1.68. The lowest BCUT2D eigenvalue weighted by molar-refractivity contribution is -0.124. The number of nitrogens with zero attached hydrogens (tertiary/aromatic N) is 3. The molecule has 0 unspecified atom stereocenters. The molecule has 2 aromatic carbocycles. The molecule has 3 heterocycles. The van der Waals surface area contributed by atoms with Crippen molar-refractivity contribution in [3.63, 3.8) is 0 Å². The highest BCUT2D eigenvalue weighted by molar-refractivity contribution is 6.07. The Hall–Kier alpha value is -2.92. The van der Waals surface area contributed by atoms with Crippen LogP contribution < -0.4 is 4.90 Å². The van der Waals surface area contributed by atoms with E-state index in [1.165, 1.54) is 11.1 Å². The van der Waals surface area contributed by atoms with Gasteiger partial charge in [-0.25, -0.2) is 4.98 Å². The van der Waals surface area contributed by atoms with Crippen molar-refractivity contribution in [3.05, 3.63) is 71.1 Å². The molecule has 1 aromatic heterocycles. The lowest BCUT2D eigenvalue weighted by Gasteiger charge is -2.38. The van der Waals surface area contributed by atoms with E-state index in [-0.39, 0.29) is 11.3 Å². The van der Waals surface area contributed by atoms with Gasteiger partial charge in [0.1, 0.15) is 5.76 Å². The topological polar surface area (TPSA) is 49.6 Å². The molecule has 1 fully saturated rings. The fourth-order valence-electron chi connectivity index (χ4n) is 4.98. The van der Waals surface area contributed by atoms with E-state index in [0.717, 1.165) is 55.2 Å². The monoisotopic (exact) mass is 401 g/mol. The first-order valence-electron chi connectivity index (χ1n) is 10.6. The van der Waals surface area contributed by atoms with Crippen molar-refractivity contribution in [2.45, 2.75) is 38.6 Å². The van der Waals surface area contributed by atoms with E-state index < -0.39 is 0 Å².